The van der Waals surface area contributed by atoms with Gasteiger partial charge in [-0.1, -0.05) is 42.5 Å². The molecule has 10 heteroatoms. The molecule has 5 rings (SSSR count). The lowest BCUT2D eigenvalue weighted by atomic mass is 10.0. The Labute approximate surface area is 257 Å². The van der Waals surface area contributed by atoms with E-state index in [9.17, 15) is 13.2 Å². The van der Waals surface area contributed by atoms with E-state index in [0.717, 1.165) is 16.6 Å². The zero-order valence-electron chi connectivity index (χ0n) is 25.0. The Morgan fingerprint density at radius 2 is 1.39 bits per heavy atom. The highest BCUT2D eigenvalue weighted by molar-refractivity contribution is 7.89. The maximum absolute atomic E-state index is 14.1. The quantitative estimate of drug-likeness (QED) is 0.133. The Balaban J connectivity index is 1.51. The molecule has 0 amide bonds. The van der Waals surface area contributed by atoms with Crippen molar-refractivity contribution in [3.63, 3.8) is 0 Å². The molecule has 44 heavy (non-hydrogen) atoms. The highest BCUT2D eigenvalue weighted by Gasteiger charge is 2.26. The number of sulfonamides is 1. The van der Waals surface area contributed by atoms with Gasteiger partial charge in [0.2, 0.25) is 15.8 Å². The molecular weight excluding hydrogens is 576 g/mol. The van der Waals surface area contributed by atoms with Gasteiger partial charge in [0.1, 0.15) is 17.2 Å². The van der Waals surface area contributed by atoms with Crippen molar-refractivity contribution in [1.29, 1.82) is 0 Å². The summed E-state index contributed by atoms with van der Waals surface area (Å²) in [5, 5.41) is 4.54. The first-order valence-corrected chi connectivity index (χ1v) is 15.4. The van der Waals surface area contributed by atoms with Crippen molar-refractivity contribution in [3.8, 4) is 22.6 Å². The van der Waals surface area contributed by atoms with E-state index in [0.29, 0.717) is 22.6 Å². The van der Waals surface area contributed by atoms with E-state index in [1.807, 2.05) is 80.8 Å². The van der Waals surface area contributed by atoms with Crippen molar-refractivity contribution in [2.75, 3.05) is 28.3 Å². The van der Waals surface area contributed by atoms with Crippen LogP contribution in [0.5, 0.6) is 11.5 Å². The molecule has 0 fully saturated rings. The Hall–Kier alpha value is -4.93. The summed E-state index contributed by atoms with van der Waals surface area (Å²) in [5.41, 5.74) is 3.98. The molecule has 0 N–H and O–H groups in total. The monoisotopic (exact) mass is 610 g/mol. The number of ether oxygens (including phenoxy) is 2. The number of ketones is 1. The average Bonchev–Trinajstić information content (AvgIpc) is 3.44. The van der Waals surface area contributed by atoms with E-state index in [-0.39, 0.29) is 29.5 Å². The van der Waals surface area contributed by atoms with Crippen LogP contribution in [0.2, 0.25) is 0 Å². The van der Waals surface area contributed by atoms with Crippen LogP contribution < -0.4 is 9.47 Å². The Kier molecular flexibility index (Phi) is 9.12. The SMILES string of the molecule is COc1ccc(CN(Cc2ccc(OC)cc2)S(=O)(=O)c2ccc(-c3c(C(=O)C=CN(C)C)nn4ccccc34)cc2)cc1. The fourth-order valence-electron chi connectivity index (χ4n) is 4.79. The van der Waals surface area contributed by atoms with Gasteiger partial charge in [0.25, 0.3) is 0 Å². The summed E-state index contributed by atoms with van der Waals surface area (Å²) < 4.78 is 41.9. The van der Waals surface area contributed by atoms with Crippen molar-refractivity contribution in [1.82, 2.24) is 18.8 Å². The smallest absolute Gasteiger partial charge is 0.243 e. The number of carbonyl (C=O) groups is 1. The van der Waals surface area contributed by atoms with E-state index >= 15 is 0 Å². The molecule has 2 aromatic heterocycles. The highest BCUT2D eigenvalue weighted by Crippen LogP contribution is 2.31. The van der Waals surface area contributed by atoms with Gasteiger partial charge >= 0.3 is 0 Å². The lowest BCUT2D eigenvalue weighted by Crippen LogP contribution is -2.30. The summed E-state index contributed by atoms with van der Waals surface area (Å²) in [7, 11) is 2.91. The average molecular weight is 611 g/mol. The number of benzene rings is 3. The van der Waals surface area contributed by atoms with Crippen molar-refractivity contribution in [2.24, 2.45) is 0 Å². The van der Waals surface area contributed by atoms with E-state index in [1.165, 1.54) is 10.4 Å². The molecule has 0 bridgehead atoms. The standard InChI is InChI=1S/C34H34N4O5S/c1-36(2)22-20-32(39)34-33(31-7-5-6-21-38(31)35-34)27-12-18-30(19-13-27)44(40,41)37(23-25-8-14-28(42-3)15-9-25)24-26-10-16-29(43-4)17-11-26/h5-22H,23-24H2,1-4H3. The normalized spacial score (nSPS) is 11.8. The number of fused-ring (bicyclic) bond motifs is 1. The summed E-state index contributed by atoms with van der Waals surface area (Å²) in [6, 6.07) is 26.9. The molecule has 0 saturated heterocycles. The van der Waals surface area contributed by atoms with Gasteiger partial charge in [0.15, 0.2) is 0 Å². The number of rotatable bonds is 12. The van der Waals surface area contributed by atoms with Crippen LogP contribution in [-0.2, 0) is 23.1 Å². The van der Waals surface area contributed by atoms with Crippen molar-refractivity contribution >= 4 is 21.3 Å². The van der Waals surface area contributed by atoms with Gasteiger partial charge in [-0.05, 0) is 65.2 Å². The maximum atomic E-state index is 14.1. The number of hydrogen-bond donors (Lipinski definition) is 0. The second-order valence-corrected chi connectivity index (χ2v) is 12.3. The fraction of sp³-hybridized carbons (Fsp3) is 0.176. The zero-order chi connectivity index (χ0) is 31.3. The van der Waals surface area contributed by atoms with Crippen LogP contribution in [0, 0.1) is 0 Å². The molecule has 9 nitrogen and oxygen atoms in total. The van der Waals surface area contributed by atoms with Gasteiger partial charge in [-0.15, -0.1) is 0 Å². The third-order valence-corrected chi connectivity index (χ3v) is 8.92. The van der Waals surface area contributed by atoms with Crippen molar-refractivity contribution in [2.45, 2.75) is 18.0 Å². The first-order valence-electron chi connectivity index (χ1n) is 13.9. The molecule has 5 aromatic rings. The number of aromatic nitrogens is 2. The molecule has 0 aliphatic rings. The molecule has 0 saturated carbocycles. The van der Waals surface area contributed by atoms with E-state index < -0.39 is 10.0 Å². The van der Waals surface area contributed by atoms with Crippen LogP contribution in [0.25, 0.3) is 16.6 Å². The molecule has 0 aliphatic heterocycles. The minimum absolute atomic E-state index is 0.139. The van der Waals surface area contributed by atoms with Crippen LogP contribution in [0.15, 0.2) is 114 Å². The molecular formula is C34H34N4O5S. The van der Waals surface area contributed by atoms with Gasteiger partial charge in [0, 0.05) is 51.2 Å². The predicted octanol–water partition coefficient (Wildman–Crippen LogP) is 5.67. The molecule has 0 atom stereocenters. The molecule has 3 aromatic carbocycles. The molecule has 2 heterocycles. The molecule has 226 valence electrons. The van der Waals surface area contributed by atoms with E-state index in [4.69, 9.17) is 9.47 Å². The number of allylic oxidation sites excluding steroid dienone is 1. The van der Waals surface area contributed by atoms with E-state index in [2.05, 4.69) is 5.10 Å². The summed E-state index contributed by atoms with van der Waals surface area (Å²) in [5.74, 6) is 1.13. The third kappa shape index (κ3) is 6.66. The summed E-state index contributed by atoms with van der Waals surface area (Å²) >= 11 is 0. The summed E-state index contributed by atoms with van der Waals surface area (Å²) in [6.07, 6.45) is 4.92. The summed E-state index contributed by atoms with van der Waals surface area (Å²) in [4.78, 5) is 15.1. The van der Waals surface area contributed by atoms with Crippen LogP contribution in [0.4, 0.5) is 0 Å². The Bertz CT molecular complexity index is 1830. The van der Waals surface area contributed by atoms with Gasteiger partial charge in [-0.25, -0.2) is 12.9 Å². The molecule has 0 spiro atoms. The molecule has 0 aliphatic carbocycles. The van der Waals surface area contributed by atoms with Crippen LogP contribution in [0.3, 0.4) is 0 Å². The van der Waals surface area contributed by atoms with Gasteiger partial charge in [-0.2, -0.15) is 9.40 Å². The largest absolute Gasteiger partial charge is 0.497 e. The number of methoxy groups -OCH3 is 2. The fourth-order valence-corrected chi connectivity index (χ4v) is 6.21. The Morgan fingerprint density at radius 3 is 1.91 bits per heavy atom. The third-order valence-electron chi connectivity index (χ3n) is 7.11. The molecule has 0 unspecified atom stereocenters. The second kappa shape index (κ2) is 13.2. The first-order chi connectivity index (χ1) is 21.2. The van der Waals surface area contributed by atoms with Crippen molar-refractivity contribution in [3.05, 3.63) is 126 Å². The maximum Gasteiger partial charge on any atom is 0.243 e. The number of pyridine rings is 1. The Morgan fingerprint density at radius 1 is 0.818 bits per heavy atom. The van der Waals surface area contributed by atoms with Crippen molar-refractivity contribution < 1.29 is 22.7 Å². The predicted molar refractivity (Wildman–Crippen MR) is 170 cm³/mol. The zero-order valence-corrected chi connectivity index (χ0v) is 25.9. The van der Waals surface area contributed by atoms with Crippen LogP contribution in [0.1, 0.15) is 21.6 Å². The number of carbonyl (C=O) groups excluding carboxylic acids is 1. The topological polar surface area (TPSA) is 93.4 Å². The highest BCUT2D eigenvalue weighted by atomic mass is 32.2. The van der Waals surface area contributed by atoms with Crippen LogP contribution >= 0.6 is 0 Å². The van der Waals surface area contributed by atoms with Gasteiger partial charge in [-0.3, -0.25) is 4.79 Å². The minimum Gasteiger partial charge on any atom is -0.497 e. The number of nitrogens with zero attached hydrogens (tertiary/aromatic N) is 4. The van der Waals surface area contributed by atoms with Crippen LogP contribution in [-0.4, -0.2) is 61.3 Å². The lowest BCUT2D eigenvalue weighted by molar-refractivity contribution is 0.104. The lowest BCUT2D eigenvalue weighted by Gasteiger charge is -2.23. The first kappa shape index (κ1) is 30.5. The number of hydrogen-bond acceptors (Lipinski definition) is 7. The summed E-state index contributed by atoms with van der Waals surface area (Å²) in [6.45, 7) is 0.316. The van der Waals surface area contributed by atoms with Gasteiger partial charge in [0.05, 0.1) is 24.6 Å². The van der Waals surface area contributed by atoms with Gasteiger partial charge < -0.3 is 14.4 Å². The minimum atomic E-state index is -3.94. The van der Waals surface area contributed by atoms with E-state index in [1.54, 1.807) is 60.3 Å². The molecule has 0 radical (unpaired) electrons. The second-order valence-electron chi connectivity index (χ2n) is 10.4.